The molecule has 0 spiro atoms. The van der Waals surface area contributed by atoms with Gasteiger partial charge in [-0.25, -0.2) is 19.2 Å². The van der Waals surface area contributed by atoms with Crippen LogP contribution in [0.2, 0.25) is 0 Å². The highest BCUT2D eigenvalue weighted by molar-refractivity contribution is 5.97. The van der Waals surface area contributed by atoms with E-state index < -0.39 is 34.6 Å². The fourth-order valence-corrected chi connectivity index (χ4v) is 5.29. The Morgan fingerprint density at radius 2 is 1.78 bits per heavy atom. The highest BCUT2D eigenvalue weighted by Crippen LogP contribution is 2.34. The summed E-state index contributed by atoms with van der Waals surface area (Å²) < 4.78 is 14.4. The Morgan fingerprint density at radius 1 is 1.04 bits per heavy atom. The van der Waals surface area contributed by atoms with Crippen molar-refractivity contribution in [1.29, 1.82) is 0 Å². The maximum atomic E-state index is 14.4. The fourth-order valence-electron chi connectivity index (χ4n) is 5.29. The van der Waals surface area contributed by atoms with Crippen molar-refractivity contribution < 1.29 is 23.6 Å². The summed E-state index contributed by atoms with van der Waals surface area (Å²) in [6.45, 7) is 1.88. The summed E-state index contributed by atoms with van der Waals surface area (Å²) in [6, 6.07) is 8.93. The van der Waals surface area contributed by atoms with E-state index in [9.17, 15) is 28.4 Å². The number of oxime groups is 1. The van der Waals surface area contributed by atoms with E-state index in [1.54, 1.807) is 6.07 Å². The number of carbonyl (C=O) groups is 3. The first-order valence-electron chi connectivity index (χ1n) is 14.1. The first-order valence-corrected chi connectivity index (χ1v) is 14.1. The van der Waals surface area contributed by atoms with E-state index in [4.69, 9.17) is 5.73 Å². The summed E-state index contributed by atoms with van der Waals surface area (Å²) in [6.07, 6.45) is 2.86. The smallest absolute Gasteiger partial charge is 0.383 e. The molecular formula is C31H29FN8O6. The Labute approximate surface area is 261 Å². The molecule has 0 fully saturated rings. The number of anilines is 2. The molecule has 1 aromatic heterocycles. The van der Waals surface area contributed by atoms with Crippen LogP contribution < -0.4 is 37.9 Å². The van der Waals surface area contributed by atoms with Gasteiger partial charge in [0.1, 0.15) is 34.9 Å². The van der Waals surface area contributed by atoms with Crippen molar-refractivity contribution in [3.8, 4) is 0 Å². The van der Waals surface area contributed by atoms with Crippen LogP contribution >= 0.6 is 0 Å². The van der Waals surface area contributed by atoms with Gasteiger partial charge in [0.2, 0.25) is 0 Å². The molecule has 0 saturated carbocycles. The van der Waals surface area contributed by atoms with E-state index >= 15 is 0 Å². The number of nitrogens with zero attached hydrogens (tertiary/aromatic N) is 3. The molecule has 3 amide bonds. The minimum Gasteiger partial charge on any atom is -0.383 e. The van der Waals surface area contributed by atoms with E-state index in [1.165, 1.54) is 37.5 Å². The molecule has 1 aliphatic carbocycles. The standard InChI is InChI=1S/C31H29FN8O6/c1-15-17(13-39-46-31(33)45)4-5-20-19(15)6-8-22(20)40-30(44)24-10-23(37-14-38-24)29(43)36-11-16-3-7-21(32)18(9-16)12-35-26-25(34-2)27(41)28(26)42/h3-5,7,9-10,13-14,22,34-35H,6,8,11-12H2,1-2H3,(H2,33,45)(H,36,43)(H,40,44)/b39-13+/t22-/m0/s1. The minimum atomic E-state index is -1.01. The number of hydrogen-bond acceptors (Lipinski definition) is 11. The number of carbonyl (C=O) groups excluding carboxylic acids is 3. The Morgan fingerprint density at radius 3 is 2.52 bits per heavy atom. The number of nitrogens with one attached hydrogen (secondary N) is 4. The molecule has 0 bridgehead atoms. The zero-order valence-electron chi connectivity index (χ0n) is 24.8. The number of amides is 3. The van der Waals surface area contributed by atoms with Crippen molar-refractivity contribution in [3.63, 3.8) is 0 Å². The van der Waals surface area contributed by atoms with Gasteiger partial charge in [0.15, 0.2) is 0 Å². The molecule has 3 aromatic carbocycles. The first-order chi connectivity index (χ1) is 22.1. The summed E-state index contributed by atoms with van der Waals surface area (Å²) in [5.41, 5.74) is 8.29. The van der Waals surface area contributed by atoms with Gasteiger partial charge in [0.25, 0.3) is 22.7 Å². The lowest BCUT2D eigenvalue weighted by molar-refractivity contribution is 0.0931. The molecule has 0 saturated heterocycles. The molecule has 14 nitrogen and oxygen atoms in total. The van der Waals surface area contributed by atoms with E-state index in [2.05, 4.69) is 41.2 Å². The second-order valence-electron chi connectivity index (χ2n) is 10.5. The maximum absolute atomic E-state index is 14.4. The molecule has 1 heterocycles. The summed E-state index contributed by atoms with van der Waals surface area (Å²) in [5.74, 6) is -1.58. The van der Waals surface area contributed by atoms with Gasteiger partial charge in [0.05, 0.1) is 12.3 Å². The normalized spacial score (nSPS) is 13.8. The van der Waals surface area contributed by atoms with Crippen LogP contribution in [0.5, 0.6) is 0 Å². The van der Waals surface area contributed by atoms with Crippen molar-refractivity contribution in [3.05, 3.63) is 114 Å². The van der Waals surface area contributed by atoms with Crippen LogP contribution in [0.4, 0.5) is 20.6 Å². The Hall–Kier alpha value is -5.99. The Balaban J connectivity index is 1.19. The largest absolute Gasteiger partial charge is 0.430 e. The van der Waals surface area contributed by atoms with Crippen LogP contribution in [0.3, 0.4) is 0 Å². The Kier molecular flexibility index (Phi) is 9.11. The average Bonchev–Trinajstić information content (AvgIpc) is 3.46. The zero-order valence-corrected chi connectivity index (χ0v) is 24.8. The molecule has 6 N–H and O–H groups in total. The average molecular weight is 629 g/mol. The molecular weight excluding hydrogens is 599 g/mol. The van der Waals surface area contributed by atoms with Gasteiger partial charge in [-0.15, -0.1) is 0 Å². The zero-order chi connectivity index (χ0) is 33.0. The number of rotatable bonds is 11. The summed E-state index contributed by atoms with van der Waals surface area (Å²) >= 11 is 0. The van der Waals surface area contributed by atoms with E-state index in [-0.39, 0.29) is 47.5 Å². The quantitative estimate of drug-likeness (QED) is 0.0706. The number of fused-ring (bicyclic) bond motifs is 1. The first kappa shape index (κ1) is 31.4. The van der Waals surface area contributed by atoms with Crippen LogP contribution in [0.1, 0.15) is 66.8 Å². The number of nitrogens with two attached hydrogens (primary N) is 1. The number of benzene rings is 2. The molecule has 0 aliphatic heterocycles. The SMILES string of the molecule is CNc1c(NCc2cc(CNC(=O)c3cc(C(=O)N[C@H]4CCc5c4ccc(/C=N/OC(N)=O)c5C)ncn3)ccc2F)c(=O)c1=O. The molecule has 1 atom stereocenters. The molecule has 0 unspecified atom stereocenters. The maximum Gasteiger partial charge on any atom is 0.430 e. The highest BCUT2D eigenvalue weighted by Gasteiger charge is 2.27. The molecule has 236 valence electrons. The summed E-state index contributed by atoms with van der Waals surface area (Å²) in [4.78, 5) is 72.5. The summed E-state index contributed by atoms with van der Waals surface area (Å²) in [5, 5.41) is 14.6. The lowest BCUT2D eigenvalue weighted by Crippen LogP contribution is -2.36. The second kappa shape index (κ2) is 13.3. The van der Waals surface area contributed by atoms with E-state index in [0.717, 1.165) is 28.6 Å². The van der Waals surface area contributed by atoms with Crippen molar-refractivity contribution in [2.45, 2.75) is 38.9 Å². The predicted molar refractivity (Wildman–Crippen MR) is 166 cm³/mol. The van der Waals surface area contributed by atoms with Crippen LogP contribution in [-0.2, 0) is 24.3 Å². The van der Waals surface area contributed by atoms with Crippen LogP contribution in [0.15, 0.2) is 57.5 Å². The van der Waals surface area contributed by atoms with E-state index in [1.807, 2.05) is 13.0 Å². The second-order valence-corrected chi connectivity index (χ2v) is 10.5. The van der Waals surface area contributed by atoms with Crippen LogP contribution in [0, 0.1) is 12.7 Å². The van der Waals surface area contributed by atoms with Gasteiger partial charge in [-0.05, 0) is 59.7 Å². The molecule has 4 aromatic rings. The summed E-state index contributed by atoms with van der Waals surface area (Å²) in [7, 11) is 1.51. The van der Waals surface area contributed by atoms with Gasteiger partial charge in [0, 0.05) is 31.8 Å². The lowest BCUT2D eigenvalue weighted by Gasteiger charge is -2.15. The molecule has 15 heteroatoms. The molecule has 5 rings (SSSR count). The van der Waals surface area contributed by atoms with Crippen molar-refractivity contribution in [2.75, 3.05) is 17.7 Å². The van der Waals surface area contributed by atoms with Crippen molar-refractivity contribution >= 4 is 35.5 Å². The van der Waals surface area contributed by atoms with Gasteiger partial charge >= 0.3 is 6.09 Å². The highest BCUT2D eigenvalue weighted by atomic mass is 19.1. The molecule has 0 radical (unpaired) electrons. The molecule has 1 aliphatic rings. The number of primary amides is 1. The van der Waals surface area contributed by atoms with Crippen LogP contribution in [-0.4, -0.2) is 41.1 Å². The number of aromatic nitrogens is 2. The monoisotopic (exact) mass is 628 g/mol. The van der Waals surface area contributed by atoms with Gasteiger partial charge < -0.3 is 27.0 Å². The van der Waals surface area contributed by atoms with Crippen molar-refractivity contribution in [2.24, 2.45) is 10.9 Å². The van der Waals surface area contributed by atoms with Gasteiger partial charge in [-0.1, -0.05) is 23.4 Å². The number of hydrogen-bond donors (Lipinski definition) is 5. The Bertz CT molecular complexity index is 1950. The van der Waals surface area contributed by atoms with Crippen LogP contribution in [0.25, 0.3) is 0 Å². The van der Waals surface area contributed by atoms with Gasteiger partial charge in [-0.3, -0.25) is 24.0 Å². The van der Waals surface area contributed by atoms with Gasteiger partial charge in [-0.2, -0.15) is 0 Å². The predicted octanol–water partition coefficient (Wildman–Crippen LogP) is 1.95. The topological polar surface area (TPSA) is 207 Å². The number of halogens is 1. The minimum absolute atomic E-state index is 0.00656. The third-order valence-corrected chi connectivity index (χ3v) is 7.69. The van der Waals surface area contributed by atoms with Crippen molar-refractivity contribution in [1.82, 2.24) is 20.6 Å². The fraction of sp³-hybridized carbons (Fsp3) is 0.226. The van der Waals surface area contributed by atoms with E-state index in [0.29, 0.717) is 18.4 Å². The third kappa shape index (κ3) is 6.57. The third-order valence-electron chi connectivity index (χ3n) is 7.69. The lowest BCUT2D eigenvalue weighted by atomic mass is 9.98. The molecule has 46 heavy (non-hydrogen) atoms.